The number of carbonyl (C=O) groups excluding carboxylic acids is 1. The number of aryl methyl sites for hydroxylation is 5. The number of aromatic amines is 1. The lowest BCUT2D eigenvalue weighted by molar-refractivity contribution is -0.114. The number of nitrogens with one attached hydrogen (secondary N) is 2. The third-order valence-electron chi connectivity index (χ3n) is 18.8. The number of aromatic nitrogens is 17. The molecular formula is C84H81N21O9. The molecule has 16 rings (SSSR count). The van der Waals surface area contributed by atoms with Gasteiger partial charge in [0.1, 0.15) is 46.9 Å². The van der Waals surface area contributed by atoms with Crippen LogP contribution < -0.4 is 58.7 Å². The number of hydrogen-bond donors (Lipinski definition) is 2. The van der Waals surface area contributed by atoms with Crippen LogP contribution in [0.5, 0.6) is 40.2 Å². The minimum atomic E-state index is -0.302. The number of fused-ring (bicyclic) bond motifs is 4. The Labute approximate surface area is 654 Å². The summed E-state index contributed by atoms with van der Waals surface area (Å²) in [6, 6.07) is 45.9. The van der Waals surface area contributed by atoms with Crippen molar-refractivity contribution < 1.29 is 38.0 Å². The highest BCUT2D eigenvalue weighted by Crippen LogP contribution is 2.40. The molecule has 2 N–H and O–H groups in total. The topological polar surface area (TPSA) is 311 Å². The summed E-state index contributed by atoms with van der Waals surface area (Å²) in [5.41, 5.74) is 17.6. The maximum atomic E-state index is 13.3. The molecule has 0 aliphatic carbocycles. The quantitative estimate of drug-likeness (QED) is 0.0537. The molecule has 0 aliphatic rings. The van der Waals surface area contributed by atoms with Crippen molar-refractivity contribution >= 4 is 90.0 Å². The van der Waals surface area contributed by atoms with Crippen molar-refractivity contribution in [3.8, 4) is 74.0 Å². The van der Waals surface area contributed by atoms with E-state index in [4.69, 9.17) is 48.1 Å². The number of carbonyl (C=O) groups is 1. The van der Waals surface area contributed by atoms with Crippen molar-refractivity contribution in [2.24, 2.45) is 28.2 Å². The van der Waals surface area contributed by atoms with Crippen LogP contribution in [0.4, 0.5) is 39.9 Å². The monoisotopic (exact) mass is 1530 g/mol. The number of anilines is 7. The van der Waals surface area contributed by atoms with Crippen molar-refractivity contribution in [2.75, 3.05) is 82.9 Å². The van der Waals surface area contributed by atoms with Crippen molar-refractivity contribution in [2.45, 2.75) is 19.4 Å². The summed E-state index contributed by atoms with van der Waals surface area (Å²) >= 11 is 0. The van der Waals surface area contributed by atoms with Gasteiger partial charge < -0.3 is 62.7 Å². The average Bonchev–Trinajstić information content (AvgIpc) is 1.61. The Morgan fingerprint density at radius 1 is 0.421 bits per heavy atom. The van der Waals surface area contributed by atoms with Gasteiger partial charge in [0.05, 0.1) is 155 Å². The first-order valence-corrected chi connectivity index (χ1v) is 36.0. The van der Waals surface area contributed by atoms with Gasteiger partial charge in [0.2, 0.25) is 5.91 Å². The maximum absolute atomic E-state index is 13.3. The SMILES string of the molecule is COc1cc(OC)cc(N(CC(=O)Nc2ncccc2OC)c2ccc3ncc(-c4cnn(C)c4)nc3c2)c1.COc1cc(OC)cc(N(CCCc2nccc(=O)[nH]2)c2ccc3ncc(-c4cnn(C)c4)nc3c2)c1.COc1cc(OC)cc(N(Cc2cc3ncccc3n2C)c2ccc3ncc(-c4cnn(C)c4)nc3c2)c1. The van der Waals surface area contributed by atoms with E-state index >= 15 is 0 Å². The lowest BCUT2D eigenvalue weighted by Gasteiger charge is -2.26. The number of hydrogen-bond acceptors (Lipinski definition) is 24. The molecule has 0 spiro atoms. The number of amides is 1. The van der Waals surface area contributed by atoms with Crippen LogP contribution >= 0.6 is 0 Å². The highest BCUT2D eigenvalue weighted by Gasteiger charge is 2.23. The zero-order valence-electron chi connectivity index (χ0n) is 64.5. The zero-order chi connectivity index (χ0) is 79.4. The van der Waals surface area contributed by atoms with Crippen LogP contribution in [0, 0.1) is 0 Å². The van der Waals surface area contributed by atoms with Gasteiger partial charge in [-0.25, -0.2) is 24.9 Å². The van der Waals surface area contributed by atoms with Crippen molar-refractivity contribution in [3.05, 3.63) is 242 Å². The van der Waals surface area contributed by atoms with Gasteiger partial charge in [-0.05, 0) is 91.3 Å². The van der Waals surface area contributed by atoms with Crippen LogP contribution in [-0.2, 0) is 46.0 Å². The first-order chi connectivity index (χ1) is 55.5. The molecule has 0 unspecified atom stereocenters. The summed E-state index contributed by atoms with van der Waals surface area (Å²) in [6.45, 7) is 1.19. The van der Waals surface area contributed by atoms with Crippen molar-refractivity contribution in [1.82, 2.24) is 83.7 Å². The standard InChI is InChI=1S/C29H27N7O2.C28H27N7O4.C27H27N7O3/c1-34-17-19(15-32-34)28-16-31-25-8-7-20(12-26(25)33-28)36(21-10-23(37-3)14-24(11-21)38-4)18-22-13-27-29(35(22)2)6-5-9-30-27;1-34-16-18(14-31-34)25-15-30-23-8-7-19(12-24(23)32-25)35(20-10-21(37-2)13-22(11-20)38-3)17-27(36)33-28-26(39-4)6-5-9-29-28;1-33-17-18(15-30-33)25-16-29-23-7-6-19(13-24(23)31-25)34(10-4-5-26-28-9-8-27(35)32-26)20-11-21(36-2)14-22(12-20)37-3/h5-17H,18H2,1-4H3;5-16H,17H2,1-4H3,(H,29,33,36);6-9,11-17H,4-5,10H2,1-3H3,(H,28,32,35). The molecule has 10 heterocycles. The van der Waals surface area contributed by atoms with Crippen LogP contribution in [-0.4, -0.2) is 153 Å². The molecular weight excluding hydrogens is 1450 g/mol. The highest BCUT2D eigenvalue weighted by atomic mass is 16.5. The molecule has 0 radical (unpaired) electrons. The van der Waals surface area contributed by atoms with Gasteiger partial charge in [-0.1, -0.05) is 0 Å². The Balaban J connectivity index is 0.000000142. The van der Waals surface area contributed by atoms with Crippen molar-refractivity contribution in [3.63, 3.8) is 0 Å². The van der Waals surface area contributed by atoms with Gasteiger partial charge in [0, 0.05) is 196 Å². The number of H-pyrrole nitrogens is 1. The van der Waals surface area contributed by atoms with Gasteiger partial charge in [-0.15, -0.1) is 0 Å². The smallest absolute Gasteiger partial charge is 0.250 e. The first-order valence-electron chi connectivity index (χ1n) is 36.0. The predicted octanol–water partition coefficient (Wildman–Crippen LogP) is 13.4. The summed E-state index contributed by atoms with van der Waals surface area (Å²) in [5, 5.41) is 15.6. The summed E-state index contributed by atoms with van der Waals surface area (Å²) in [7, 11) is 18.9. The second kappa shape index (κ2) is 34.4. The van der Waals surface area contributed by atoms with E-state index in [9.17, 15) is 9.59 Å². The molecule has 114 heavy (non-hydrogen) atoms. The Kier molecular flexibility index (Phi) is 22.9. The first kappa shape index (κ1) is 76.0. The number of rotatable bonds is 25. The molecule has 1 amide bonds. The number of methoxy groups -OCH3 is 7. The van der Waals surface area contributed by atoms with Crippen LogP contribution in [0.2, 0.25) is 0 Å². The second-order valence-electron chi connectivity index (χ2n) is 26.2. The van der Waals surface area contributed by atoms with Crippen LogP contribution in [0.1, 0.15) is 17.9 Å². The molecule has 576 valence electrons. The van der Waals surface area contributed by atoms with Gasteiger partial charge >= 0.3 is 0 Å². The predicted molar refractivity (Wildman–Crippen MR) is 437 cm³/mol. The van der Waals surface area contributed by atoms with E-state index in [1.54, 1.807) is 118 Å². The summed E-state index contributed by atoms with van der Waals surface area (Å²) in [4.78, 5) is 75.5. The Bertz CT molecular complexity index is 6110. The van der Waals surface area contributed by atoms with E-state index < -0.39 is 0 Å². The molecule has 10 aromatic heterocycles. The number of benzene rings is 6. The number of pyridine rings is 2. The minimum Gasteiger partial charge on any atom is -0.497 e. The molecule has 16 aromatic rings. The summed E-state index contributed by atoms with van der Waals surface area (Å²) in [5.74, 6) is 5.11. The molecule has 30 heteroatoms. The molecule has 0 bridgehead atoms. The Hall–Kier alpha value is -14.8. The molecule has 0 saturated carbocycles. The van der Waals surface area contributed by atoms with Crippen LogP contribution in [0.3, 0.4) is 0 Å². The Morgan fingerprint density at radius 3 is 1.30 bits per heavy atom. The molecule has 0 saturated heterocycles. The Morgan fingerprint density at radius 2 is 0.860 bits per heavy atom. The van der Waals surface area contributed by atoms with Crippen LogP contribution in [0.15, 0.2) is 225 Å². The van der Waals surface area contributed by atoms with Crippen LogP contribution in [0.25, 0.3) is 77.9 Å². The van der Waals surface area contributed by atoms with E-state index in [1.165, 1.54) is 19.4 Å². The summed E-state index contributed by atoms with van der Waals surface area (Å²) in [6.07, 6.45) is 22.6. The lowest BCUT2D eigenvalue weighted by Crippen LogP contribution is -2.30. The zero-order valence-corrected chi connectivity index (χ0v) is 64.5. The third-order valence-corrected chi connectivity index (χ3v) is 18.8. The largest absolute Gasteiger partial charge is 0.497 e. The lowest BCUT2D eigenvalue weighted by atomic mass is 10.1. The molecule has 0 fully saturated rings. The van der Waals surface area contributed by atoms with Gasteiger partial charge in [0.25, 0.3) is 5.56 Å². The normalized spacial score (nSPS) is 11.0. The third kappa shape index (κ3) is 17.6. The fraction of sp³-hybridized carbons (Fsp3) is 0.190. The molecule has 0 aliphatic heterocycles. The summed E-state index contributed by atoms with van der Waals surface area (Å²) < 4.78 is 45.9. The molecule has 30 nitrogen and oxygen atoms in total. The maximum Gasteiger partial charge on any atom is 0.250 e. The van der Waals surface area contributed by atoms with Gasteiger partial charge in [-0.3, -0.25) is 43.6 Å². The second-order valence-corrected chi connectivity index (χ2v) is 26.2. The highest BCUT2D eigenvalue weighted by molar-refractivity contribution is 5.97. The van der Waals surface area contributed by atoms with E-state index in [1.807, 2.05) is 148 Å². The minimum absolute atomic E-state index is 0.0444. The molecule has 6 aromatic carbocycles. The average molecular weight is 1530 g/mol. The van der Waals surface area contributed by atoms with E-state index in [2.05, 4.69) is 101 Å². The fourth-order valence-electron chi connectivity index (χ4n) is 12.9. The van der Waals surface area contributed by atoms with E-state index in [0.29, 0.717) is 88.3 Å². The van der Waals surface area contributed by atoms with Crippen molar-refractivity contribution in [1.29, 1.82) is 0 Å². The van der Waals surface area contributed by atoms with Gasteiger partial charge in [-0.2, -0.15) is 15.3 Å². The van der Waals surface area contributed by atoms with E-state index in [0.717, 1.165) is 107 Å². The van der Waals surface area contributed by atoms with Gasteiger partial charge in [0.15, 0.2) is 11.6 Å². The van der Waals surface area contributed by atoms with E-state index in [-0.39, 0.29) is 18.0 Å². The number of nitrogens with zero attached hydrogens (tertiary/aromatic N) is 19. The fourth-order valence-corrected chi connectivity index (χ4v) is 12.9. The number of ether oxygens (including phenoxy) is 7. The molecule has 0 atom stereocenters.